The largest absolute Gasteiger partial charge is 0.394 e. The van der Waals surface area contributed by atoms with Crippen LogP contribution in [0.1, 0.15) is 13.3 Å². The summed E-state index contributed by atoms with van der Waals surface area (Å²) < 4.78 is 0. The summed E-state index contributed by atoms with van der Waals surface area (Å²) in [4.78, 5) is 12.4. The van der Waals surface area contributed by atoms with E-state index in [0.29, 0.717) is 13.0 Å². The van der Waals surface area contributed by atoms with Crippen LogP contribution in [0.5, 0.6) is 0 Å². The van der Waals surface area contributed by atoms with Crippen LogP contribution in [0.25, 0.3) is 0 Å². The molecule has 1 amide bonds. The third kappa shape index (κ3) is 1.52. The van der Waals surface area contributed by atoms with E-state index < -0.39 is 6.10 Å². The van der Waals surface area contributed by atoms with Crippen molar-refractivity contribution in [2.24, 2.45) is 0 Å². The molecule has 1 heterocycles. The molecule has 1 aliphatic rings. The first kappa shape index (κ1) is 8.49. The quantitative estimate of drug-likeness (QED) is 0.514. The van der Waals surface area contributed by atoms with Crippen LogP contribution < -0.4 is 0 Å². The van der Waals surface area contributed by atoms with Crippen LogP contribution in [0, 0.1) is 0 Å². The van der Waals surface area contributed by atoms with Gasteiger partial charge in [0.15, 0.2) is 0 Å². The minimum Gasteiger partial charge on any atom is -0.394 e. The molecule has 1 aliphatic heterocycles. The number of carbonyl (C=O) groups excluding carboxylic acids is 1. The normalized spacial score (nSPS) is 31.0. The summed E-state index contributed by atoms with van der Waals surface area (Å²) in [7, 11) is 0. The zero-order valence-corrected chi connectivity index (χ0v) is 6.53. The highest BCUT2D eigenvalue weighted by Crippen LogP contribution is 2.16. The Morgan fingerprint density at radius 3 is 2.73 bits per heavy atom. The molecule has 64 valence electrons. The van der Waals surface area contributed by atoms with Crippen molar-refractivity contribution < 1.29 is 15.0 Å². The lowest BCUT2D eigenvalue weighted by atomic mass is 10.2. The van der Waals surface area contributed by atoms with Gasteiger partial charge in [0.1, 0.15) is 0 Å². The predicted octanol–water partition coefficient (Wildman–Crippen LogP) is -1.04. The van der Waals surface area contributed by atoms with E-state index in [9.17, 15) is 9.90 Å². The summed E-state index contributed by atoms with van der Waals surface area (Å²) in [5, 5.41) is 18.1. The lowest BCUT2D eigenvalue weighted by Crippen LogP contribution is -2.40. The molecular formula is C7H13NO3. The molecule has 2 N–H and O–H groups in total. The van der Waals surface area contributed by atoms with Crippen molar-refractivity contribution in [2.75, 3.05) is 13.2 Å². The summed E-state index contributed by atoms with van der Waals surface area (Å²) >= 11 is 0. The van der Waals surface area contributed by atoms with Gasteiger partial charge in [0, 0.05) is 13.5 Å². The highest BCUT2D eigenvalue weighted by molar-refractivity contribution is 5.74. The van der Waals surface area contributed by atoms with E-state index in [-0.39, 0.29) is 18.6 Å². The molecule has 4 nitrogen and oxygen atoms in total. The first-order valence-electron chi connectivity index (χ1n) is 3.73. The van der Waals surface area contributed by atoms with Crippen LogP contribution in [0.3, 0.4) is 0 Å². The molecule has 1 rings (SSSR count). The van der Waals surface area contributed by atoms with Gasteiger partial charge in [-0.1, -0.05) is 0 Å². The van der Waals surface area contributed by atoms with Crippen LogP contribution in [0.4, 0.5) is 0 Å². The van der Waals surface area contributed by atoms with Crippen LogP contribution in [0.15, 0.2) is 0 Å². The minimum absolute atomic E-state index is 0.0828. The van der Waals surface area contributed by atoms with Crippen LogP contribution in [0.2, 0.25) is 0 Å². The number of amides is 1. The molecule has 11 heavy (non-hydrogen) atoms. The van der Waals surface area contributed by atoms with E-state index in [1.54, 1.807) is 0 Å². The lowest BCUT2D eigenvalue weighted by molar-refractivity contribution is -0.131. The third-order valence-electron chi connectivity index (χ3n) is 2.10. The van der Waals surface area contributed by atoms with Gasteiger partial charge in [-0.05, 0) is 6.42 Å². The number of hydrogen-bond donors (Lipinski definition) is 2. The maximum Gasteiger partial charge on any atom is 0.219 e. The Bertz CT molecular complexity index is 160. The number of carbonyl (C=O) groups is 1. The maximum atomic E-state index is 10.9. The van der Waals surface area contributed by atoms with Gasteiger partial charge < -0.3 is 15.1 Å². The molecule has 0 saturated carbocycles. The van der Waals surface area contributed by atoms with Crippen molar-refractivity contribution in [2.45, 2.75) is 25.5 Å². The summed E-state index contributed by atoms with van der Waals surface area (Å²) in [5.41, 5.74) is 0. The van der Waals surface area contributed by atoms with E-state index in [2.05, 4.69) is 0 Å². The standard InChI is InChI=1S/C7H13NO3/c1-5(10)8-3-2-7(11)6(8)4-9/h6-7,9,11H,2-4H2,1H3/t6-,7?/m1/s1. The number of aliphatic hydroxyl groups is 2. The average molecular weight is 159 g/mol. The van der Waals surface area contributed by atoms with Gasteiger partial charge in [-0.25, -0.2) is 0 Å². The molecule has 0 spiro atoms. The molecule has 0 aromatic rings. The molecule has 1 saturated heterocycles. The van der Waals surface area contributed by atoms with E-state index in [1.165, 1.54) is 11.8 Å². The second kappa shape index (κ2) is 3.19. The van der Waals surface area contributed by atoms with Gasteiger partial charge in [-0.3, -0.25) is 4.79 Å². The van der Waals surface area contributed by atoms with Gasteiger partial charge in [-0.15, -0.1) is 0 Å². The lowest BCUT2D eigenvalue weighted by Gasteiger charge is -2.22. The van der Waals surface area contributed by atoms with E-state index >= 15 is 0 Å². The van der Waals surface area contributed by atoms with Crippen molar-refractivity contribution in [1.82, 2.24) is 4.90 Å². The Morgan fingerprint density at radius 2 is 2.36 bits per heavy atom. The van der Waals surface area contributed by atoms with Gasteiger partial charge in [-0.2, -0.15) is 0 Å². The van der Waals surface area contributed by atoms with E-state index in [0.717, 1.165) is 0 Å². The van der Waals surface area contributed by atoms with E-state index in [4.69, 9.17) is 5.11 Å². The van der Waals surface area contributed by atoms with Crippen molar-refractivity contribution in [3.63, 3.8) is 0 Å². The molecule has 1 unspecified atom stereocenters. The summed E-state index contributed by atoms with van der Waals surface area (Å²) in [6, 6.07) is -0.382. The topological polar surface area (TPSA) is 60.8 Å². The monoisotopic (exact) mass is 159 g/mol. The van der Waals surface area contributed by atoms with Crippen molar-refractivity contribution in [1.29, 1.82) is 0 Å². The zero-order valence-electron chi connectivity index (χ0n) is 6.53. The molecule has 0 aromatic heterocycles. The molecule has 4 heteroatoms. The zero-order chi connectivity index (χ0) is 8.43. The number of rotatable bonds is 1. The minimum atomic E-state index is -0.552. The van der Waals surface area contributed by atoms with Crippen molar-refractivity contribution in [3.05, 3.63) is 0 Å². The average Bonchev–Trinajstić information content (AvgIpc) is 2.30. The number of nitrogens with zero attached hydrogens (tertiary/aromatic N) is 1. The predicted molar refractivity (Wildman–Crippen MR) is 38.9 cm³/mol. The van der Waals surface area contributed by atoms with E-state index in [1.807, 2.05) is 0 Å². The molecule has 0 aliphatic carbocycles. The number of likely N-dealkylation sites (tertiary alicyclic amines) is 1. The van der Waals surface area contributed by atoms with Crippen LogP contribution in [-0.4, -0.2) is 46.3 Å². The fraction of sp³-hybridized carbons (Fsp3) is 0.857. The van der Waals surface area contributed by atoms with Crippen LogP contribution in [-0.2, 0) is 4.79 Å². The summed E-state index contributed by atoms with van der Waals surface area (Å²) in [5.74, 6) is -0.0828. The Kier molecular flexibility index (Phi) is 2.46. The molecule has 2 atom stereocenters. The fourth-order valence-corrected chi connectivity index (χ4v) is 1.45. The first-order valence-corrected chi connectivity index (χ1v) is 3.73. The number of aliphatic hydroxyl groups excluding tert-OH is 2. The van der Waals surface area contributed by atoms with Crippen molar-refractivity contribution in [3.8, 4) is 0 Å². The van der Waals surface area contributed by atoms with Gasteiger partial charge in [0.05, 0.1) is 18.8 Å². The van der Waals surface area contributed by atoms with Crippen molar-refractivity contribution >= 4 is 5.91 Å². The molecule has 0 radical (unpaired) electrons. The SMILES string of the molecule is CC(=O)N1CCC(O)[C@H]1CO. The molecule has 1 fully saturated rings. The molecule has 0 bridgehead atoms. The maximum absolute atomic E-state index is 10.9. The Balaban J connectivity index is 2.61. The Labute approximate surface area is 65.4 Å². The highest BCUT2D eigenvalue weighted by atomic mass is 16.3. The Hall–Kier alpha value is -0.610. The first-order chi connectivity index (χ1) is 5.16. The third-order valence-corrected chi connectivity index (χ3v) is 2.10. The summed E-state index contributed by atoms with van der Waals surface area (Å²) in [6.07, 6.45) is 0.0223. The number of hydrogen-bond acceptors (Lipinski definition) is 3. The van der Waals surface area contributed by atoms with Gasteiger partial charge in [0.2, 0.25) is 5.91 Å². The highest BCUT2D eigenvalue weighted by Gasteiger charge is 2.33. The second-order valence-corrected chi connectivity index (χ2v) is 2.82. The molecular weight excluding hydrogens is 146 g/mol. The van der Waals surface area contributed by atoms with Gasteiger partial charge in [0.25, 0.3) is 0 Å². The van der Waals surface area contributed by atoms with Crippen LogP contribution >= 0.6 is 0 Å². The fourth-order valence-electron chi connectivity index (χ4n) is 1.45. The molecule has 0 aromatic carbocycles. The summed E-state index contributed by atoms with van der Waals surface area (Å²) in [6.45, 7) is 1.85. The van der Waals surface area contributed by atoms with Gasteiger partial charge >= 0.3 is 0 Å². The second-order valence-electron chi connectivity index (χ2n) is 2.82. The smallest absolute Gasteiger partial charge is 0.219 e. The Morgan fingerprint density at radius 1 is 1.73 bits per heavy atom.